The number of H-pyrrole nitrogens is 1. The van der Waals surface area contributed by atoms with Crippen LogP contribution in [0, 0.1) is 16.7 Å². The maximum atomic E-state index is 9.98. The van der Waals surface area contributed by atoms with Crippen molar-refractivity contribution in [2.24, 2.45) is 0 Å². The molecule has 9 nitrogen and oxygen atoms in total. The number of nitrogens with one attached hydrogen (secondary N) is 4. The zero-order valence-electron chi connectivity index (χ0n) is 15.0. The van der Waals surface area contributed by atoms with Gasteiger partial charge in [0.25, 0.3) is 0 Å². The summed E-state index contributed by atoms with van der Waals surface area (Å²) in [5.74, 6) is 2.03. The molecular formula is C18H22N8O. The highest BCUT2D eigenvalue weighted by Crippen LogP contribution is 2.37. The highest BCUT2D eigenvalue weighted by atomic mass is 16.5. The number of hydrogen-bond donors (Lipinski definition) is 4. The van der Waals surface area contributed by atoms with Crippen LogP contribution in [0.15, 0.2) is 18.3 Å². The molecule has 0 spiro atoms. The molecule has 0 aliphatic carbocycles. The lowest BCUT2D eigenvalue weighted by Gasteiger charge is -2.31. The molecule has 0 radical (unpaired) electrons. The fraction of sp³-hybridized carbons (Fsp3) is 0.444. The molecule has 2 saturated heterocycles. The second kappa shape index (κ2) is 7.34. The highest BCUT2D eigenvalue weighted by Gasteiger charge is 2.39. The van der Waals surface area contributed by atoms with Crippen molar-refractivity contribution in [3.05, 3.63) is 29.5 Å². The van der Waals surface area contributed by atoms with Gasteiger partial charge in [0.1, 0.15) is 17.5 Å². The van der Waals surface area contributed by atoms with Crippen LogP contribution >= 0.6 is 0 Å². The van der Waals surface area contributed by atoms with Gasteiger partial charge in [-0.25, -0.2) is 4.98 Å². The van der Waals surface area contributed by atoms with Crippen LogP contribution in [-0.4, -0.2) is 60.8 Å². The Morgan fingerprint density at radius 3 is 2.89 bits per heavy atom. The Morgan fingerprint density at radius 2 is 2.26 bits per heavy atom. The van der Waals surface area contributed by atoms with E-state index < -0.39 is 5.41 Å². The first-order valence-corrected chi connectivity index (χ1v) is 9.03. The van der Waals surface area contributed by atoms with E-state index in [1.807, 2.05) is 6.07 Å². The van der Waals surface area contributed by atoms with Gasteiger partial charge in [-0.2, -0.15) is 10.4 Å². The third kappa shape index (κ3) is 3.25. The molecule has 0 aromatic carbocycles. The largest absolute Gasteiger partial charge is 0.378 e. The van der Waals surface area contributed by atoms with Crippen molar-refractivity contribution in [3.63, 3.8) is 0 Å². The predicted molar refractivity (Wildman–Crippen MR) is 102 cm³/mol. The summed E-state index contributed by atoms with van der Waals surface area (Å²) in [6.45, 7) is 4.15. The van der Waals surface area contributed by atoms with Crippen molar-refractivity contribution >= 4 is 23.7 Å². The molecule has 2 fully saturated rings. The van der Waals surface area contributed by atoms with Gasteiger partial charge in [0.05, 0.1) is 30.9 Å². The summed E-state index contributed by atoms with van der Waals surface area (Å²) >= 11 is 0. The van der Waals surface area contributed by atoms with Crippen LogP contribution in [0.3, 0.4) is 0 Å². The number of aromatic nitrogens is 3. The van der Waals surface area contributed by atoms with Crippen LogP contribution in [0.4, 0.5) is 17.5 Å². The number of hydrogen-bond acceptors (Lipinski definition) is 8. The van der Waals surface area contributed by atoms with E-state index in [0.717, 1.165) is 31.0 Å². The average Bonchev–Trinajstić information content (AvgIpc) is 3.40. The number of nitriles is 1. The van der Waals surface area contributed by atoms with E-state index in [1.54, 1.807) is 12.3 Å². The Balaban J connectivity index is 1.84. The molecule has 4 rings (SSSR count). The summed E-state index contributed by atoms with van der Waals surface area (Å²) in [6, 6.07) is 6.27. The topological polar surface area (TPSA) is 126 Å². The zero-order chi connectivity index (χ0) is 18.7. The molecule has 4 N–H and O–H groups in total. The summed E-state index contributed by atoms with van der Waals surface area (Å²) in [4.78, 5) is 6.93. The molecule has 27 heavy (non-hydrogen) atoms. The number of anilines is 3. The normalized spacial score (nSPS) is 22.4. The minimum atomic E-state index is -0.665. The molecule has 0 amide bonds. The van der Waals surface area contributed by atoms with Crippen molar-refractivity contribution < 1.29 is 4.74 Å². The smallest absolute Gasteiger partial charge is 0.143 e. The van der Waals surface area contributed by atoms with Crippen LogP contribution in [0.1, 0.15) is 17.5 Å². The predicted octanol–water partition coefficient (Wildman–Crippen LogP) is 1.14. The monoisotopic (exact) mass is 366 g/mol. The molecule has 0 bridgehead atoms. The summed E-state index contributed by atoms with van der Waals surface area (Å²) in [6.07, 6.45) is 3.64. The molecule has 4 heterocycles. The molecule has 140 valence electrons. The third-order valence-electron chi connectivity index (χ3n) is 5.16. The molecule has 2 aromatic heterocycles. The molecule has 0 saturated carbocycles. The number of nitrogens with zero attached hydrogens (tertiary/aromatic N) is 4. The van der Waals surface area contributed by atoms with Gasteiger partial charge in [-0.15, -0.1) is 0 Å². The first kappa shape index (κ1) is 17.5. The van der Waals surface area contributed by atoms with Crippen LogP contribution in [0.5, 0.6) is 0 Å². The van der Waals surface area contributed by atoms with Gasteiger partial charge >= 0.3 is 0 Å². The van der Waals surface area contributed by atoms with E-state index in [4.69, 9.17) is 15.1 Å². The fourth-order valence-electron chi connectivity index (χ4n) is 3.66. The van der Waals surface area contributed by atoms with Crippen molar-refractivity contribution in [1.29, 1.82) is 10.7 Å². The number of morpholine rings is 1. The first-order valence-electron chi connectivity index (χ1n) is 9.03. The molecule has 2 aliphatic rings. The quantitative estimate of drug-likeness (QED) is 0.585. The second-order valence-corrected chi connectivity index (χ2v) is 6.75. The Labute approximate surface area is 157 Å². The van der Waals surface area contributed by atoms with Crippen LogP contribution < -0.4 is 15.5 Å². The highest BCUT2D eigenvalue weighted by molar-refractivity contribution is 5.89. The van der Waals surface area contributed by atoms with E-state index in [-0.39, 0.29) is 0 Å². The molecule has 1 unspecified atom stereocenters. The van der Waals surface area contributed by atoms with Crippen LogP contribution in [0.25, 0.3) is 0 Å². The lowest BCUT2D eigenvalue weighted by Crippen LogP contribution is -2.37. The molecule has 9 heteroatoms. The minimum Gasteiger partial charge on any atom is -0.378 e. The zero-order valence-corrected chi connectivity index (χ0v) is 15.0. The summed E-state index contributed by atoms with van der Waals surface area (Å²) in [5.41, 5.74) is 0.803. The molecule has 2 aromatic rings. The van der Waals surface area contributed by atoms with E-state index in [2.05, 4.69) is 31.8 Å². The molecule has 2 aliphatic heterocycles. The minimum absolute atomic E-state index is 0.551. The maximum absolute atomic E-state index is 9.98. The second-order valence-electron chi connectivity index (χ2n) is 6.75. The van der Waals surface area contributed by atoms with Crippen LogP contribution in [0.2, 0.25) is 0 Å². The number of rotatable bonds is 5. The van der Waals surface area contributed by atoms with E-state index in [9.17, 15) is 5.26 Å². The fourth-order valence-corrected chi connectivity index (χ4v) is 3.66. The van der Waals surface area contributed by atoms with Crippen molar-refractivity contribution in [2.45, 2.75) is 11.8 Å². The standard InChI is InChI=1S/C18H22N8O/c19-10-13-14(18(11-20)2-4-21-12-18)9-16(26-5-7-27-8-6-26)24-17(13)23-15-1-3-22-25-15/h1,3,9-10,19,21H,2,4-8,12H2,(H2,22,23,24,25). The SMILES string of the molecule is N#CC1(c2cc(N3CCOCC3)nc(Nc3ccn[nH]3)c2C=N)CCNC1. The summed E-state index contributed by atoms with van der Waals surface area (Å²) in [7, 11) is 0. The Bertz CT molecular complexity index is 845. The van der Waals surface area contributed by atoms with Crippen molar-refractivity contribution in [2.75, 3.05) is 49.6 Å². The van der Waals surface area contributed by atoms with Gasteiger partial charge in [0.2, 0.25) is 0 Å². The van der Waals surface area contributed by atoms with E-state index >= 15 is 0 Å². The lowest BCUT2D eigenvalue weighted by atomic mass is 9.79. The van der Waals surface area contributed by atoms with Gasteiger partial charge in [-0.3, -0.25) is 5.10 Å². The van der Waals surface area contributed by atoms with Crippen molar-refractivity contribution in [1.82, 2.24) is 20.5 Å². The third-order valence-corrected chi connectivity index (χ3v) is 5.16. The van der Waals surface area contributed by atoms with Crippen LogP contribution in [-0.2, 0) is 10.2 Å². The Hall–Kier alpha value is -2.96. The summed E-state index contributed by atoms with van der Waals surface area (Å²) < 4.78 is 5.46. The van der Waals surface area contributed by atoms with Crippen molar-refractivity contribution in [3.8, 4) is 6.07 Å². The lowest BCUT2D eigenvalue weighted by molar-refractivity contribution is 0.122. The Kier molecular flexibility index (Phi) is 4.75. The first-order chi connectivity index (χ1) is 13.3. The number of aromatic amines is 1. The Morgan fingerprint density at radius 1 is 1.41 bits per heavy atom. The van der Waals surface area contributed by atoms with Gasteiger partial charge in [0, 0.05) is 37.5 Å². The van der Waals surface area contributed by atoms with Gasteiger partial charge < -0.3 is 25.7 Å². The molecule has 1 atom stereocenters. The van der Waals surface area contributed by atoms with E-state index in [0.29, 0.717) is 43.4 Å². The van der Waals surface area contributed by atoms with Gasteiger partial charge in [-0.05, 0) is 24.6 Å². The number of ether oxygens (including phenoxy) is 1. The van der Waals surface area contributed by atoms with Gasteiger partial charge in [0.15, 0.2) is 0 Å². The average molecular weight is 366 g/mol. The number of pyridine rings is 1. The summed E-state index contributed by atoms with van der Waals surface area (Å²) in [5, 5.41) is 31.3. The van der Waals surface area contributed by atoms with E-state index in [1.165, 1.54) is 6.21 Å². The molecular weight excluding hydrogens is 344 g/mol. The maximum Gasteiger partial charge on any atom is 0.143 e. The van der Waals surface area contributed by atoms with Gasteiger partial charge in [-0.1, -0.05) is 0 Å².